The molecule has 0 unspecified atom stereocenters. The number of aromatic nitrogens is 2. The molecule has 2 rings (SSSR count). The molecule has 0 amide bonds. The topological polar surface area (TPSA) is 66.0 Å². The van der Waals surface area contributed by atoms with Crippen LogP contribution in [0.25, 0.3) is 11.4 Å². The summed E-state index contributed by atoms with van der Waals surface area (Å²) in [6, 6.07) is 6.67. The summed E-state index contributed by atoms with van der Waals surface area (Å²) < 4.78 is 42.9. The Bertz CT molecular complexity index is 660. The lowest BCUT2D eigenvalue weighted by Gasteiger charge is -2.07. The second-order valence-electron chi connectivity index (χ2n) is 4.42. The molecular formula is C13H11F3N4O. The van der Waals surface area contributed by atoms with Gasteiger partial charge in [-0.05, 0) is 19.2 Å². The standard InChI is InChI=1S/C13H11F3N4O/c1-20(6-5-17)8-11-18-12(19-21-11)9-3-2-4-10(7-9)13(14,15)16/h2-4,7H,6,8H2,1H3. The molecule has 2 aromatic rings. The third kappa shape index (κ3) is 3.79. The predicted octanol–water partition coefficient (Wildman–Crippen LogP) is 2.71. The number of rotatable bonds is 4. The Labute approximate surface area is 118 Å². The molecule has 8 heteroatoms. The van der Waals surface area contributed by atoms with Gasteiger partial charge in [-0.15, -0.1) is 0 Å². The van der Waals surface area contributed by atoms with E-state index in [1.165, 1.54) is 12.1 Å². The number of halogens is 3. The Morgan fingerprint density at radius 3 is 2.81 bits per heavy atom. The minimum absolute atomic E-state index is 0.0847. The van der Waals surface area contributed by atoms with Crippen LogP contribution in [-0.4, -0.2) is 28.6 Å². The number of benzene rings is 1. The summed E-state index contributed by atoms with van der Waals surface area (Å²) in [4.78, 5) is 5.67. The van der Waals surface area contributed by atoms with Crippen molar-refractivity contribution >= 4 is 0 Å². The lowest BCUT2D eigenvalue weighted by Crippen LogP contribution is -2.17. The minimum atomic E-state index is -4.42. The molecule has 1 heterocycles. The summed E-state index contributed by atoms with van der Waals surface area (Å²) in [5, 5.41) is 12.2. The van der Waals surface area contributed by atoms with Crippen molar-refractivity contribution in [3.8, 4) is 17.5 Å². The van der Waals surface area contributed by atoms with Crippen molar-refractivity contribution in [2.24, 2.45) is 0 Å². The van der Waals surface area contributed by atoms with E-state index in [2.05, 4.69) is 10.1 Å². The summed E-state index contributed by atoms with van der Waals surface area (Å²) in [7, 11) is 1.69. The Morgan fingerprint density at radius 2 is 2.14 bits per heavy atom. The van der Waals surface area contributed by atoms with Gasteiger partial charge in [-0.1, -0.05) is 17.3 Å². The van der Waals surface area contributed by atoms with E-state index >= 15 is 0 Å². The molecule has 0 spiro atoms. The van der Waals surface area contributed by atoms with Crippen LogP contribution in [0.5, 0.6) is 0 Å². The van der Waals surface area contributed by atoms with E-state index in [9.17, 15) is 13.2 Å². The van der Waals surface area contributed by atoms with Crippen LogP contribution < -0.4 is 0 Å². The van der Waals surface area contributed by atoms with Crippen LogP contribution >= 0.6 is 0 Å². The lowest BCUT2D eigenvalue weighted by atomic mass is 10.1. The number of hydrogen-bond acceptors (Lipinski definition) is 5. The molecule has 0 atom stereocenters. The average molecular weight is 296 g/mol. The van der Waals surface area contributed by atoms with Crippen LogP contribution in [0.1, 0.15) is 11.5 Å². The van der Waals surface area contributed by atoms with Gasteiger partial charge in [0.15, 0.2) is 0 Å². The first-order valence-corrected chi connectivity index (χ1v) is 5.96. The van der Waals surface area contributed by atoms with Crippen molar-refractivity contribution in [3.63, 3.8) is 0 Å². The van der Waals surface area contributed by atoms with E-state index in [1.807, 2.05) is 6.07 Å². The highest BCUT2D eigenvalue weighted by Gasteiger charge is 2.30. The molecule has 0 N–H and O–H groups in total. The molecule has 0 aliphatic rings. The quantitative estimate of drug-likeness (QED) is 0.812. The molecule has 0 aliphatic carbocycles. The van der Waals surface area contributed by atoms with Gasteiger partial charge in [0, 0.05) is 5.56 Å². The zero-order chi connectivity index (χ0) is 15.5. The molecule has 0 radical (unpaired) electrons. The number of nitriles is 1. The molecule has 1 aromatic carbocycles. The van der Waals surface area contributed by atoms with Gasteiger partial charge in [0.1, 0.15) is 0 Å². The van der Waals surface area contributed by atoms with E-state index < -0.39 is 11.7 Å². The molecule has 0 saturated heterocycles. The highest BCUT2D eigenvalue weighted by atomic mass is 19.4. The molecule has 1 aromatic heterocycles. The molecule has 0 aliphatic heterocycles. The zero-order valence-corrected chi connectivity index (χ0v) is 11.1. The average Bonchev–Trinajstić information content (AvgIpc) is 2.86. The molecule has 0 saturated carbocycles. The predicted molar refractivity (Wildman–Crippen MR) is 66.7 cm³/mol. The van der Waals surface area contributed by atoms with Crippen molar-refractivity contribution in [1.82, 2.24) is 15.0 Å². The summed E-state index contributed by atoms with van der Waals surface area (Å²) in [5.41, 5.74) is -0.546. The van der Waals surface area contributed by atoms with E-state index in [-0.39, 0.29) is 30.4 Å². The third-order valence-corrected chi connectivity index (χ3v) is 2.66. The largest absolute Gasteiger partial charge is 0.416 e. The first kappa shape index (κ1) is 15.0. The fourth-order valence-corrected chi connectivity index (χ4v) is 1.68. The summed E-state index contributed by atoms with van der Waals surface area (Å²) >= 11 is 0. The van der Waals surface area contributed by atoms with E-state index in [0.29, 0.717) is 0 Å². The van der Waals surface area contributed by atoms with Crippen LogP contribution in [-0.2, 0) is 12.7 Å². The fourth-order valence-electron chi connectivity index (χ4n) is 1.68. The van der Waals surface area contributed by atoms with Crippen molar-refractivity contribution < 1.29 is 17.7 Å². The first-order chi connectivity index (χ1) is 9.90. The van der Waals surface area contributed by atoms with Crippen LogP contribution in [0.15, 0.2) is 28.8 Å². The molecule has 110 valence electrons. The number of alkyl halides is 3. The summed E-state index contributed by atoms with van der Waals surface area (Å²) in [6.07, 6.45) is -4.42. The Morgan fingerprint density at radius 1 is 1.38 bits per heavy atom. The normalized spacial score (nSPS) is 11.6. The van der Waals surface area contributed by atoms with Gasteiger partial charge in [0.25, 0.3) is 0 Å². The Kier molecular flexibility index (Phi) is 4.23. The summed E-state index contributed by atoms with van der Waals surface area (Å²) in [5.74, 6) is 0.321. The van der Waals surface area contributed by atoms with Crippen LogP contribution in [0.2, 0.25) is 0 Å². The van der Waals surface area contributed by atoms with E-state index in [0.717, 1.165) is 12.1 Å². The zero-order valence-electron chi connectivity index (χ0n) is 11.1. The maximum atomic E-state index is 12.6. The molecular weight excluding hydrogens is 285 g/mol. The van der Waals surface area contributed by atoms with Gasteiger partial charge in [-0.25, -0.2) is 0 Å². The van der Waals surface area contributed by atoms with Crippen molar-refractivity contribution in [2.75, 3.05) is 13.6 Å². The van der Waals surface area contributed by atoms with E-state index in [1.54, 1.807) is 11.9 Å². The number of hydrogen-bond donors (Lipinski definition) is 0. The van der Waals surface area contributed by atoms with Gasteiger partial charge in [0.05, 0.1) is 24.7 Å². The third-order valence-electron chi connectivity index (χ3n) is 2.66. The SMILES string of the molecule is CN(CC#N)Cc1nc(-c2cccc(C(F)(F)F)c2)no1. The Hall–Kier alpha value is -2.40. The molecule has 0 fully saturated rings. The van der Waals surface area contributed by atoms with Crippen LogP contribution in [0.4, 0.5) is 13.2 Å². The number of nitrogens with zero attached hydrogens (tertiary/aromatic N) is 4. The molecule has 5 nitrogen and oxygen atoms in total. The highest BCUT2D eigenvalue weighted by molar-refractivity contribution is 5.55. The van der Waals surface area contributed by atoms with Gasteiger partial charge in [-0.3, -0.25) is 4.90 Å². The monoisotopic (exact) mass is 296 g/mol. The first-order valence-electron chi connectivity index (χ1n) is 5.96. The van der Waals surface area contributed by atoms with Gasteiger partial charge in [0.2, 0.25) is 11.7 Å². The van der Waals surface area contributed by atoms with Gasteiger partial charge >= 0.3 is 6.18 Å². The Balaban J connectivity index is 2.20. The smallest absolute Gasteiger partial charge is 0.338 e. The van der Waals surface area contributed by atoms with E-state index in [4.69, 9.17) is 9.78 Å². The molecule has 0 bridgehead atoms. The second-order valence-corrected chi connectivity index (χ2v) is 4.42. The lowest BCUT2D eigenvalue weighted by molar-refractivity contribution is -0.137. The van der Waals surface area contributed by atoms with Gasteiger partial charge in [-0.2, -0.15) is 23.4 Å². The summed E-state index contributed by atoms with van der Waals surface area (Å²) in [6.45, 7) is 0.431. The van der Waals surface area contributed by atoms with Crippen molar-refractivity contribution in [2.45, 2.75) is 12.7 Å². The highest BCUT2D eigenvalue weighted by Crippen LogP contribution is 2.31. The van der Waals surface area contributed by atoms with Gasteiger partial charge < -0.3 is 4.52 Å². The minimum Gasteiger partial charge on any atom is -0.338 e. The maximum absolute atomic E-state index is 12.6. The second kappa shape index (κ2) is 5.93. The van der Waals surface area contributed by atoms with Crippen molar-refractivity contribution in [1.29, 1.82) is 5.26 Å². The van der Waals surface area contributed by atoms with Crippen LogP contribution in [0, 0.1) is 11.3 Å². The van der Waals surface area contributed by atoms with Crippen molar-refractivity contribution in [3.05, 3.63) is 35.7 Å². The van der Waals surface area contributed by atoms with Crippen LogP contribution in [0.3, 0.4) is 0 Å². The maximum Gasteiger partial charge on any atom is 0.416 e. The molecule has 21 heavy (non-hydrogen) atoms. The fraction of sp³-hybridized carbons (Fsp3) is 0.308.